The number of hydrogen-bond donors (Lipinski definition) is 2. The Bertz CT molecular complexity index is 278. The Labute approximate surface area is 82.3 Å². The molecule has 1 fully saturated rings. The van der Waals surface area contributed by atoms with Crippen molar-refractivity contribution in [3.63, 3.8) is 0 Å². The van der Waals surface area contributed by atoms with Crippen LogP contribution in [0, 0.1) is 17.2 Å². The molecule has 0 aromatic carbocycles. The number of nitrogens with zero attached hydrogens (tertiary/aromatic N) is 1. The van der Waals surface area contributed by atoms with Crippen LogP contribution in [0.5, 0.6) is 0 Å². The molecule has 0 spiro atoms. The molecule has 5 nitrogen and oxygen atoms in total. The van der Waals surface area contributed by atoms with E-state index in [0.717, 1.165) is 12.8 Å². The number of carbonyl (C=O) groups excluding carboxylic acids is 2. The van der Waals surface area contributed by atoms with E-state index in [1.165, 1.54) is 0 Å². The van der Waals surface area contributed by atoms with E-state index in [2.05, 4.69) is 5.32 Å². The number of hydrogen-bond acceptors (Lipinski definition) is 3. The smallest absolute Gasteiger partial charge is 0.240 e. The first-order valence-electron chi connectivity index (χ1n) is 4.61. The van der Waals surface area contributed by atoms with Gasteiger partial charge in [0.05, 0.1) is 6.07 Å². The topological polar surface area (TPSA) is 96.0 Å². The zero-order valence-electron chi connectivity index (χ0n) is 7.82. The fourth-order valence-corrected chi connectivity index (χ4v) is 1.13. The van der Waals surface area contributed by atoms with Crippen LogP contribution in [0.2, 0.25) is 0 Å². The highest BCUT2D eigenvalue weighted by atomic mass is 16.2. The Kier molecular flexibility index (Phi) is 3.46. The first kappa shape index (κ1) is 10.5. The summed E-state index contributed by atoms with van der Waals surface area (Å²) in [5.74, 6) is -0.639. The van der Waals surface area contributed by atoms with Crippen LogP contribution in [0.1, 0.15) is 25.7 Å². The molecule has 14 heavy (non-hydrogen) atoms. The van der Waals surface area contributed by atoms with Gasteiger partial charge >= 0.3 is 0 Å². The average molecular weight is 195 g/mol. The summed E-state index contributed by atoms with van der Waals surface area (Å²) < 4.78 is 0. The second-order valence-corrected chi connectivity index (χ2v) is 3.43. The van der Waals surface area contributed by atoms with Gasteiger partial charge in [-0.05, 0) is 19.3 Å². The Morgan fingerprint density at radius 3 is 2.64 bits per heavy atom. The molecule has 1 saturated carbocycles. The Morgan fingerprint density at radius 2 is 2.21 bits per heavy atom. The minimum Gasteiger partial charge on any atom is -0.368 e. The van der Waals surface area contributed by atoms with Gasteiger partial charge in [-0.3, -0.25) is 9.59 Å². The summed E-state index contributed by atoms with van der Waals surface area (Å²) in [5.41, 5.74) is 5.08. The molecule has 1 aliphatic rings. The lowest BCUT2D eigenvalue weighted by Gasteiger charge is -2.13. The van der Waals surface area contributed by atoms with Crippen molar-refractivity contribution in [1.29, 1.82) is 5.26 Å². The van der Waals surface area contributed by atoms with Gasteiger partial charge in [0, 0.05) is 12.3 Å². The maximum absolute atomic E-state index is 11.3. The van der Waals surface area contributed by atoms with Crippen LogP contribution in [0.4, 0.5) is 0 Å². The number of nitriles is 1. The van der Waals surface area contributed by atoms with Gasteiger partial charge in [0.1, 0.15) is 6.04 Å². The second-order valence-electron chi connectivity index (χ2n) is 3.43. The molecule has 76 valence electrons. The van der Waals surface area contributed by atoms with Gasteiger partial charge in [0.25, 0.3) is 0 Å². The van der Waals surface area contributed by atoms with Gasteiger partial charge in [0.2, 0.25) is 11.8 Å². The highest BCUT2D eigenvalue weighted by Crippen LogP contribution is 2.28. The molecule has 1 aliphatic carbocycles. The van der Waals surface area contributed by atoms with Crippen LogP contribution in [0.15, 0.2) is 0 Å². The molecule has 1 rings (SSSR count). The van der Waals surface area contributed by atoms with Crippen molar-refractivity contribution in [2.45, 2.75) is 31.7 Å². The van der Waals surface area contributed by atoms with E-state index >= 15 is 0 Å². The van der Waals surface area contributed by atoms with Gasteiger partial charge in [-0.1, -0.05) is 0 Å². The van der Waals surface area contributed by atoms with Crippen molar-refractivity contribution in [2.24, 2.45) is 11.7 Å². The van der Waals surface area contributed by atoms with Crippen molar-refractivity contribution in [1.82, 2.24) is 5.32 Å². The predicted molar refractivity (Wildman–Crippen MR) is 48.7 cm³/mol. The lowest BCUT2D eigenvalue weighted by molar-refractivity contribution is -0.128. The van der Waals surface area contributed by atoms with Crippen LogP contribution in [-0.4, -0.2) is 17.9 Å². The summed E-state index contributed by atoms with van der Waals surface area (Å²) in [6.45, 7) is 0. The van der Waals surface area contributed by atoms with Crippen LogP contribution < -0.4 is 11.1 Å². The van der Waals surface area contributed by atoms with E-state index in [9.17, 15) is 9.59 Å². The number of primary amides is 1. The maximum Gasteiger partial charge on any atom is 0.240 e. The number of nitrogens with one attached hydrogen (secondary N) is 1. The molecule has 0 saturated heterocycles. The van der Waals surface area contributed by atoms with Crippen LogP contribution in [-0.2, 0) is 9.59 Å². The summed E-state index contributed by atoms with van der Waals surface area (Å²) in [6, 6.07) is 1.22. The summed E-state index contributed by atoms with van der Waals surface area (Å²) in [5, 5.41) is 10.9. The van der Waals surface area contributed by atoms with Crippen LogP contribution in [0.25, 0.3) is 0 Å². The minimum absolute atomic E-state index is 0.0546. The third-order valence-corrected chi connectivity index (χ3v) is 2.15. The maximum atomic E-state index is 11.3. The largest absolute Gasteiger partial charge is 0.368 e. The summed E-state index contributed by atoms with van der Waals surface area (Å²) in [7, 11) is 0. The summed E-state index contributed by atoms with van der Waals surface area (Å²) in [4.78, 5) is 22.2. The third kappa shape index (κ3) is 3.05. The molecule has 5 heteroatoms. The molecule has 0 bridgehead atoms. The van der Waals surface area contributed by atoms with E-state index in [0.29, 0.717) is 6.42 Å². The Morgan fingerprint density at radius 1 is 1.57 bits per heavy atom. The highest BCUT2D eigenvalue weighted by Gasteiger charge is 2.31. The normalized spacial score (nSPS) is 16.8. The van der Waals surface area contributed by atoms with E-state index in [1.807, 2.05) is 6.07 Å². The average Bonchev–Trinajstić information content (AvgIpc) is 2.94. The summed E-state index contributed by atoms with van der Waals surface area (Å²) >= 11 is 0. The zero-order valence-corrected chi connectivity index (χ0v) is 7.82. The fraction of sp³-hybridized carbons (Fsp3) is 0.667. The predicted octanol–water partition coefficient (Wildman–Crippen LogP) is -0.330. The van der Waals surface area contributed by atoms with Crippen molar-refractivity contribution < 1.29 is 9.59 Å². The third-order valence-electron chi connectivity index (χ3n) is 2.15. The van der Waals surface area contributed by atoms with Crippen LogP contribution in [0.3, 0.4) is 0 Å². The Balaban J connectivity index is 2.38. The standard InChI is InChI=1S/C9H13N3O2/c10-5-1-2-7(8(11)13)12-9(14)6-3-4-6/h6-7H,1-4H2,(H2,11,13)(H,12,14)/t7-/m1/s1. The van der Waals surface area contributed by atoms with Crippen LogP contribution >= 0.6 is 0 Å². The molecule has 2 amide bonds. The molecule has 0 aromatic heterocycles. The molecule has 3 N–H and O–H groups in total. The number of nitrogens with two attached hydrogens (primary N) is 1. The lowest BCUT2D eigenvalue weighted by Crippen LogP contribution is -2.44. The molecule has 0 unspecified atom stereocenters. The van der Waals surface area contributed by atoms with E-state index in [-0.39, 0.29) is 18.2 Å². The van der Waals surface area contributed by atoms with Gasteiger partial charge in [-0.15, -0.1) is 0 Å². The first-order valence-corrected chi connectivity index (χ1v) is 4.61. The number of amides is 2. The second kappa shape index (κ2) is 4.61. The molecule has 1 atom stereocenters. The number of carbonyl (C=O) groups is 2. The first-order chi connectivity index (χ1) is 6.65. The van der Waals surface area contributed by atoms with E-state index in [1.54, 1.807) is 0 Å². The zero-order chi connectivity index (χ0) is 10.6. The van der Waals surface area contributed by atoms with Gasteiger partial charge < -0.3 is 11.1 Å². The monoisotopic (exact) mass is 195 g/mol. The molecule has 0 aliphatic heterocycles. The van der Waals surface area contributed by atoms with Gasteiger partial charge in [0.15, 0.2) is 0 Å². The van der Waals surface area contributed by atoms with Gasteiger partial charge in [-0.25, -0.2) is 0 Å². The van der Waals surface area contributed by atoms with E-state index in [4.69, 9.17) is 11.0 Å². The highest BCUT2D eigenvalue weighted by molar-refractivity contribution is 5.88. The molecule has 0 aromatic rings. The Hall–Kier alpha value is -1.57. The summed E-state index contributed by atoms with van der Waals surface area (Å²) in [6.07, 6.45) is 2.29. The van der Waals surface area contributed by atoms with Crippen molar-refractivity contribution in [2.75, 3.05) is 0 Å². The molecular formula is C9H13N3O2. The number of rotatable bonds is 5. The van der Waals surface area contributed by atoms with Crippen molar-refractivity contribution >= 4 is 11.8 Å². The lowest BCUT2D eigenvalue weighted by atomic mass is 10.1. The van der Waals surface area contributed by atoms with Crippen molar-refractivity contribution in [3.8, 4) is 6.07 Å². The molecular weight excluding hydrogens is 182 g/mol. The minimum atomic E-state index is -0.692. The van der Waals surface area contributed by atoms with Gasteiger partial charge in [-0.2, -0.15) is 5.26 Å². The van der Waals surface area contributed by atoms with E-state index < -0.39 is 11.9 Å². The van der Waals surface area contributed by atoms with Crippen molar-refractivity contribution in [3.05, 3.63) is 0 Å². The molecule has 0 heterocycles. The SMILES string of the molecule is N#CCC[C@@H](NC(=O)C1CC1)C(N)=O. The fourth-order valence-electron chi connectivity index (χ4n) is 1.13. The quantitative estimate of drug-likeness (QED) is 0.628. The molecule has 0 radical (unpaired) electrons.